The van der Waals surface area contributed by atoms with Gasteiger partial charge in [0.25, 0.3) is 0 Å². The van der Waals surface area contributed by atoms with Crippen LogP contribution in [-0.4, -0.2) is 48.1 Å². The highest BCUT2D eigenvalue weighted by Crippen LogP contribution is 2.38. The van der Waals surface area contributed by atoms with E-state index in [1.807, 2.05) is 24.5 Å². The normalized spacial score (nSPS) is 14.8. The van der Waals surface area contributed by atoms with E-state index in [-0.39, 0.29) is 0 Å². The molecule has 6 heteroatoms. The summed E-state index contributed by atoms with van der Waals surface area (Å²) in [5.74, 6) is 1.26. The van der Waals surface area contributed by atoms with E-state index in [2.05, 4.69) is 92.7 Å². The first-order valence-corrected chi connectivity index (χ1v) is 13.5. The zero-order valence-corrected chi connectivity index (χ0v) is 21.7. The van der Waals surface area contributed by atoms with Crippen molar-refractivity contribution in [3.8, 4) is 22.3 Å². The van der Waals surface area contributed by atoms with Crippen molar-refractivity contribution in [2.45, 2.75) is 0 Å². The van der Waals surface area contributed by atoms with Crippen LogP contribution in [-0.2, 0) is 9.47 Å². The minimum Gasteiger partial charge on any atom is -0.474 e. The van der Waals surface area contributed by atoms with Gasteiger partial charge in [0, 0.05) is 23.5 Å². The first kappa shape index (κ1) is 22.8. The van der Waals surface area contributed by atoms with Crippen LogP contribution < -0.4 is 0 Å². The molecule has 2 aliphatic rings. The van der Waals surface area contributed by atoms with Crippen LogP contribution in [0, 0.1) is 0 Å². The van der Waals surface area contributed by atoms with E-state index in [0.717, 1.165) is 33.6 Å². The summed E-state index contributed by atoms with van der Waals surface area (Å²) >= 11 is 0. The van der Waals surface area contributed by atoms with Crippen molar-refractivity contribution in [1.29, 1.82) is 0 Å². The second-order valence-corrected chi connectivity index (χ2v) is 10.0. The molecule has 0 aliphatic carbocycles. The maximum absolute atomic E-state index is 5.57. The summed E-state index contributed by atoms with van der Waals surface area (Å²) in [5, 5.41) is 7.37. The Hall–Kier alpha value is -5.10. The highest BCUT2D eigenvalue weighted by atomic mass is 16.5. The molecule has 4 heterocycles. The predicted molar refractivity (Wildman–Crippen MR) is 160 cm³/mol. The Bertz CT molecular complexity index is 1830. The minimum absolute atomic E-state index is 0.626. The van der Waals surface area contributed by atoms with Gasteiger partial charge < -0.3 is 9.47 Å². The maximum atomic E-state index is 5.57. The Morgan fingerprint density at radius 1 is 0.450 bits per heavy atom. The molecule has 4 aromatic carbocycles. The summed E-state index contributed by atoms with van der Waals surface area (Å²) in [6.07, 6.45) is 3.81. The number of rotatable bonds is 4. The lowest BCUT2D eigenvalue weighted by Crippen LogP contribution is -2.03. The van der Waals surface area contributed by atoms with Gasteiger partial charge in [-0.15, -0.1) is 0 Å². The van der Waals surface area contributed by atoms with E-state index in [4.69, 9.17) is 9.47 Å². The monoisotopic (exact) mass is 520 g/mol. The fourth-order valence-electron chi connectivity index (χ4n) is 5.68. The van der Waals surface area contributed by atoms with E-state index in [9.17, 15) is 0 Å². The zero-order valence-electron chi connectivity index (χ0n) is 21.7. The molecule has 0 radical (unpaired) electrons. The van der Waals surface area contributed by atoms with E-state index < -0.39 is 0 Å². The second kappa shape index (κ2) is 9.27. The Labute approximate surface area is 230 Å². The largest absolute Gasteiger partial charge is 0.474 e. The van der Waals surface area contributed by atoms with Crippen molar-refractivity contribution in [3.05, 3.63) is 109 Å². The molecule has 0 spiro atoms. The van der Waals surface area contributed by atoms with Crippen LogP contribution in [0.4, 0.5) is 0 Å². The third kappa shape index (κ3) is 3.80. The molecular formula is C34H24N4O2. The number of nitrogens with zero attached hydrogens (tertiary/aromatic N) is 4. The number of aromatic nitrogens is 2. The van der Waals surface area contributed by atoms with Crippen molar-refractivity contribution in [2.24, 2.45) is 9.98 Å². The lowest BCUT2D eigenvalue weighted by atomic mass is 9.90. The summed E-state index contributed by atoms with van der Waals surface area (Å²) < 4.78 is 11.1. The van der Waals surface area contributed by atoms with Crippen LogP contribution in [0.3, 0.4) is 0 Å². The number of ether oxygens (including phenoxy) is 2. The quantitative estimate of drug-likeness (QED) is 0.239. The third-order valence-electron chi connectivity index (χ3n) is 7.64. The number of fused-ring (bicyclic) bond motifs is 6. The average Bonchev–Trinajstić information content (AvgIpc) is 3.77. The van der Waals surface area contributed by atoms with Crippen LogP contribution in [0.1, 0.15) is 11.4 Å². The molecule has 2 aliphatic heterocycles. The number of benzene rings is 4. The van der Waals surface area contributed by atoms with Gasteiger partial charge in [-0.1, -0.05) is 60.7 Å². The molecular weight excluding hydrogens is 496 g/mol. The Balaban J connectivity index is 1.23. The zero-order chi connectivity index (χ0) is 26.5. The molecule has 6 aromatic rings. The van der Waals surface area contributed by atoms with Crippen LogP contribution in [0.5, 0.6) is 0 Å². The topological polar surface area (TPSA) is 69.0 Å². The second-order valence-electron chi connectivity index (χ2n) is 10.0. The molecule has 0 saturated heterocycles. The average molecular weight is 521 g/mol. The van der Waals surface area contributed by atoms with Crippen molar-refractivity contribution >= 4 is 44.1 Å². The molecule has 0 atom stereocenters. The molecule has 2 aromatic heterocycles. The van der Waals surface area contributed by atoms with Crippen LogP contribution in [0.2, 0.25) is 0 Å². The molecule has 6 nitrogen and oxygen atoms in total. The highest BCUT2D eigenvalue weighted by Gasteiger charge is 2.15. The lowest BCUT2D eigenvalue weighted by molar-refractivity contribution is 0.347. The summed E-state index contributed by atoms with van der Waals surface area (Å²) in [6, 6.07) is 30.2. The molecule has 192 valence electrons. The third-order valence-corrected chi connectivity index (χ3v) is 7.64. The standard InChI is InChI=1S/C34H24N4O2/c1-2-4-26-25(3-1)29-17-21(23-7-11-31(37-19-23)33-35-13-15-39-33)5-9-27(29)28-10-6-22(18-30(26)28)24-8-12-32(38-20-24)34-36-14-16-40-34/h1-12,17-20H,13-16H2. The summed E-state index contributed by atoms with van der Waals surface area (Å²) in [4.78, 5) is 18.0. The maximum Gasteiger partial charge on any atom is 0.235 e. The van der Waals surface area contributed by atoms with Crippen LogP contribution >= 0.6 is 0 Å². The van der Waals surface area contributed by atoms with Crippen LogP contribution in [0.15, 0.2) is 107 Å². The molecule has 0 N–H and O–H groups in total. The van der Waals surface area contributed by atoms with Gasteiger partial charge in [0.1, 0.15) is 24.6 Å². The van der Waals surface area contributed by atoms with Crippen molar-refractivity contribution < 1.29 is 9.47 Å². The number of aliphatic imine (C=N–C) groups is 2. The first-order chi connectivity index (χ1) is 19.8. The predicted octanol–water partition coefficient (Wildman–Crippen LogP) is 6.82. The van der Waals surface area contributed by atoms with Gasteiger partial charge in [-0.2, -0.15) is 0 Å². The van der Waals surface area contributed by atoms with E-state index in [1.165, 1.54) is 32.3 Å². The van der Waals surface area contributed by atoms with Crippen molar-refractivity contribution in [1.82, 2.24) is 9.97 Å². The Morgan fingerprint density at radius 3 is 1.30 bits per heavy atom. The van der Waals surface area contributed by atoms with Gasteiger partial charge in [-0.25, -0.2) is 9.98 Å². The number of hydrogen-bond donors (Lipinski definition) is 0. The van der Waals surface area contributed by atoms with Gasteiger partial charge in [-0.05, 0) is 67.7 Å². The summed E-state index contributed by atoms with van der Waals surface area (Å²) in [7, 11) is 0. The molecule has 0 unspecified atom stereocenters. The lowest BCUT2D eigenvalue weighted by Gasteiger charge is -2.13. The molecule has 0 amide bonds. The fraction of sp³-hybridized carbons (Fsp3) is 0.118. The Kier molecular flexibility index (Phi) is 5.30. The van der Waals surface area contributed by atoms with Gasteiger partial charge >= 0.3 is 0 Å². The van der Waals surface area contributed by atoms with E-state index in [0.29, 0.717) is 38.1 Å². The minimum atomic E-state index is 0.626. The van der Waals surface area contributed by atoms with Crippen molar-refractivity contribution in [3.63, 3.8) is 0 Å². The molecule has 8 rings (SSSR count). The number of hydrogen-bond acceptors (Lipinski definition) is 6. The SMILES string of the molecule is c1ccc2c(c1)c1cc(-c3ccc(C4=NCCO4)nc3)ccc1c1ccc(-c3ccc(C4=NCCO4)nc3)cc21. The highest BCUT2D eigenvalue weighted by molar-refractivity contribution is 6.26. The molecule has 40 heavy (non-hydrogen) atoms. The number of pyridine rings is 2. The Morgan fingerprint density at radius 2 is 0.900 bits per heavy atom. The fourth-order valence-corrected chi connectivity index (χ4v) is 5.68. The van der Waals surface area contributed by atoms with E-state index in [1.54, 1.807) is 0 Å². The summed E-state index contributed by atoms with van der Waals surface area (Å²) in [5.41, 5.74) is 5.94. The molecule has 0 bridgehead atoms. The van der Waals surface area contributed by atoms with Crippen molar-refractivity contribution in [2.75, 3.05) is 26.3 Å². The van der Waals surface area contributed by atoms with Gasteiger partial charge in [0.15, 0.2) is 0 Å². The van der Waals surface area contributed by atoms with Crippen LogP contribution in [0.25, 0.3) is 54.6 Å². The van der Waals surface area contributed by atoms with Gasteiger partial charge in [-0.3, -0.25) is 9.97 Å². The first-order valence-electron chi connectivity index (χ1n) is 13.5. The van der Waals surface area contributed by atoms with Gasteiger partial charge in [0.05, 0.1) is 13.1 Å². The summed E-state index contributed by atoms with van der Waals surface area (Å²) in [6.45, 7) is 2.64. The smallest absolute Gasteiger partial charge is 0.235 e. The molecule has 0 saturated carbocycles. The van der Waals surface area contributed by atoms with Gasteiger partial charge in [0.2, 0.25) is 11.8 Å². The van der Waals surface area contributed by atoms with E-state index >= 15 is 0 Å². The molecule has 0 fully saturated rings.